The molecule has 0 saturated carbocycles. The van der Waals surface area contributed by atoms with Gasteiger partial charge in [0.25, 0.3) is 0 Å². The van der Waals surface area contributed by atoms with Gasteiger partial charge in [-0.2, -0.15) is 0 Å². The number of amides is 1. The number of nitrogens with zero attached hydrogens (tertiary/aromatic N) is 4. The first-order valence-electron chi connectivity index (χ1n) is 8.43. The lowest BCUT2D eigenvalue weighted by atomic mass is 9.96. The Balaban J connectivity index is 0.00000312. The molecule has 6 nitrogen and oxygen atoms in total. The summed E-state index contributed by atoms with van der Waals surface area (Å²) in [5.41, 5.74) is 0.883. The average molecular weight is 479 g/mol. The molecular weight excluding hydrogens is 449 g/mol. The molecule has 1 saturated heterocycles. The van der Waals surface area contributed by atoms with Crippen LogP contribution >= 0.6 is 35.3 Å². The maximum Gasteiger partial charge on any atom is 0.242 e. The van der Waals surface area contributed by atoms with E-state index >= 15 is 0 Å². The summed E-state index contributed by atoms with van der Waals surface area (Å²) in [4.78, 5) is 25.4. The molecule has 1 aromatic rings. The van der Waals surface area contributed by atoms with E-state index in [2.05, 4.69) is 48.4 Å². The van der Waals surface area contributed by atoms with Gasteiger partial charge in [0.05, 0.1) is 22.8 Å². The molecule has 2 heterocycles. The van der Waals surface area contributed by atoms with E-state index in [1.807, 2.05) is 16.7 Å². The number of rotatable bonds is 4. The molecule has 0 atom stereocenters. The van der Waals surface area contributed by atoms with E-state index in [0.717, 1.165) is 36.2 Å². The third kappa shape index (κ3) is 5.54. The second-order valence-corrected chi connectivity index (χ2v) is 8.17. The van der Waals surface area contributed by atoms with Gasteiger partial charge in [-0.25, -0.2) is 4.98 Å². The van der Waals surface area contributed by atoms with Crippen molar-refractivity contribution in [2.24, 2.45) is 4.99 Å². The van der Waals surface area contributed by atoms with Crippen LogP contribution in [0.15, 0.2) is 10.4 Å². The van der Waals surface area contributed by atoms with Crippen LogP contribution in [0.4, 0.5) is 0 Å². The summed E-state index contributed by atoms with van der Waals surface area (Å²) in [6.45, 7) is 12.3. The Hall–Kier alpha value is -0.900. The normalized spacial score (nSPS) is 17.7. The van der Waals surface area contributed by atoms with Gasteiger partial charge in [0, 0.05) is 38.0 Å². The van der Waals surface area contributed by atoms with Crippen molar-refractivity contribution in [2.45, 2.75) is 52.6 Å². The van der Waals surface area contributed by atoms with E-state index in [9.17, 15) is 4.79 Å². The van der Waals surface area contributed by atoms with Crippen molar-refractivity contribution in [1.29, 1.82) is 0 Å². The van der Waals surface area contributed by atoms with Crippen LogP contribution < -0.4 is 5.32 Å². The van der Waals surface area contributed by atoms with Crippen LogP contribution in [-0.4, -0.2) is 64.9 Å². The quantitative estimate of drug-likeness (QED) is 0.410. The van der Waals surface area contributed by atoms with Crippen LogP contribution in [0.3, 0.4) is 0 Å². The Labute approximate surface area is 172 Å². The highest BCUT2D eigenvalue weighted by atomic mass is 127. The minimum atomic E-state index is -0.215. The Morgan fingerprint density at radius 3 is 2.64 bits per heavy atom. The lowest BCUT2D eigenvalue weighted by Crippen LogP contribution is -2.66. The number of aliphatic imine (C=N–C) groups is 1. The number of nitrogens with one attached hydrogen (secondary N) is 1. The van der Waals surface area contributed by atoms with Gasteiger partial charge in [0.1, 0.15) is 0 Å². The van der Waals surface area contributed by atoms with Crippen molar-refractivity contribution in [3.63, 3.8) is 0 Å². The van der Waals surface area contributed by atoms with Crippen LogP contribution in [0.2, 0.25) is 0 Å². The molecule has 25 heavy (non-hydrogen) atoms. The number of thiazole rings is 1. The van der Waals surface area contributed by atoms with Crippen molar-refractivity contribution >= 4 is 47.2 Å². The highest BCUT2D eigenvalue weighted by Gasteiger charge is 2.40. The first-order chi connectivity index (χ1) is 11.2. The molecule has 142 valence electrons. The molecule has 1 amide bonds. The van der Waals surface area contributed by atoms with Gasteiger partial charge in [-0.05, 0) is 34.6 Å². The van der Waals surface area contributed by atoms with Crippen LogP contribution in [0.1, 0.15) is 38.4 Å². The second kappa shape index (κ2) is 9.16. The van der Waals surface area contributed by atoms with Gasteiger partial charge in [-0.3, -0.25) is 9.79 Å². The van der Waals surface area contributed by atoms with Crippen molar-refractivity contribution < 1.29 is 4.79 Å². The van der Waals surface area contributed by atoms with Gasteiger partial charge in [-0.15, -0.1) is 35.3 Å². The zero-order valence-corrected chi connectivity index (χ0v) is 19.1. The van der Waals surface area contributed by atoms with Gasteiger partial charge in [-0.1, -0.05) is 0 Å². The standard InChI is InChI=1S/C17H29N5OS.HI/c1-12(2)22-15(23)9-21(11-17(22,4)5)16(18-6)19-8-7-14-10-24-13(3)20-14;/h10,12H,7-9,11H2,1-6H3,(H,18,19);1H. The maximum absolute atomic E-state index is 12.6. The van der Waals surface area contributed by atoms with Gasteiger partial charge in [0.2, 0.25) is 5.91 Å². The summed E-state index contributed by atoms with van der Waals surface area (Å²) in [7, 11) is 1.77. The van der Waals surface area contributed by atoms with Crippen LogP contribution in [-0.2, 0) is 11.2 Å². The van der Waals surface area contributed by atoms with Gasteiger partial charge >= 0.3 is 0 Å². The molecule has 0 radical (unpaired) electrons. The number of guanidine groups is 1. The minimum Gasteiger partial charge on any atom is -0.356 e. The Morgan fingerprint density at radius 1 is 1.48 bits per heavy atom. The fraction of sp³-hybridized carbons (Fsp3) is 0.706. The summed E-state index contributed by atoms with van der Waals surface area (Å²) in [6.07, 6.45) is 0.854. The zero-order valence-electron chi connectivity index (χ0n) is 16.0. The Bertz CT molecular complexity index is 614. The molecule has 0 bridgehead atoms. The van der Waals surface area contributed by atoms with Crippen molar-refractivity contribution in [1.82, 2.24) is 20.1 Å². The molecule has 1 aliphatic rings. The number of hydrogen-bond donors (Lipinski definition) is 1. The monoisotopic (exact) mass is 479 g/mol. The number of hydrogen-bond acceptors (Lipinski definition) is 4. The van der Waals surface area contributed by atoms with Crippen LogP contribution in [0.25, 0.3) is 0 Å². The highest BCUT2D eigenvalue weighted by Crippen LogP contribution is 2.24. The highest BCUT2D eigenvalue weighted by molar-refractivity contribution is 14.0. The first kappa shape index (κ1) is 22.1. The van der Waals surface area contributed by atoms with Gasteiger partial charge in [0.15, 0.2) is 5.96 Å². The zero-order chi connectivity index (χ0) is 17.9. The van der Waals surface area contributed by atoms with E-state index in [4.69, 9.17) is 0 Å². The summed E-state index contributed by atoms with van der Waals surface area (Å²) >= 11 is 1.67. The largest absolute Gasteiger partial charge is 0.356 e. The molecule has 2 rings (SSSR count). The number of piperazine rings is 1. The first-order valence-corrected chi connectivity index (χ1v) is 9.31. The van der Waals surface area contributed by atoms with E-state index in [1.165, 1.54) is 0 Å². The minimum absolute atomic E-state index is 0. The van der Waals surface area contributed by atoms with E-state index in [-0.39, 0.29) is 41.5 Å². The molecule has 0 spiro atoms. The summed E-state index contributed by atoms with van der Waals surface area (Å²) < 4.78 is 0. The Morgan fingerprint density at radius 2 is 2.16 bits per heavy atom. The predicted molar refractivity (Wildman–Crippen MR) is 115 cm³/mol. The third-order valence-electron chi connectivity index (χ3n) is 4.18. The molecule has 8 heteroatoms. The predicted octanol–water partition coefficient (Wildman–Crippen LogP) is 2.52. The van der Waals surface area contributed by atoms with Crippen molar-refractivity contribution in [2.75, 3.05) is 26.7 Å². The molecule has 1 N–H and O–H groups in total. The van der Waals surface area contributed by atoms with Crippen LogP contribution in [0, 0.1) is 6.92 Å². The van der Waals surface area contributed by atoms with E-state index in [1.54, 1.807) is 18.4 Å². The Kier molecular flexibility index (Phi) is 8.11. The third-order valence-corrected chi connectivity index (χ3v) is 5.01. The smallest absolute Gasteiger partial charge is 0.242 e. The maximum atomic E-state index is 12.6. The fourth-order valence-corrected chi connectivity index (χ4v) is 4.12. The fourth-order valence-electron chi connectivity index (χ4n) is 3.47. The lowest BCUT2D eigenvalue weighted by molar-refractivity contribution is -0.145. The second-order valence-electron chi connectivity index (χ2n) is 7.11. The number of carbonyl (C=O) groups excluding carboxylic acids is 1. The van der Waals surface area contributed by atoms with Crippen molar-refractivity contribution in [3.05, 3.63) is 16.1 Å². The number of carbonyl (C=O) groups is 1. The van der Waals surface area contributed by atoms with Gasteiger partial charge < -0.3 is 15.1 Å². The number of halogens is 1. The van der Waals surface area contributed by atoms with Crippen LogP contribution in [0.5, 0.6) is 0 Å². The summed E-state index contributed by atoms with van der Waals surface area (Å²) in [5.74, 6) is 0.936. The lowest BCUT2D eigenvalue weighted by Gasteiger charge is -2.49. The molecule has 1 aromatic heterocycles. The summed E-state index contributed by atoms with van der Waals surface area (Å²) in [6, 6.07) is 0.206. The van der Waals surface area contributed by atoms with E-state index < -0.39 is 0 Å². The molecule has 1 aliphatic heterocycles. The topological polar surface area (TPSA) is 60.8 Å². The molecule has 0 unspecified atom stereocenters. The number of aryl methyl sites for hydroxylation is 1. The number of aromatic nitrogens is 1. The average Bonchev–Trinajstić information content (AvgIpc) is 2.86. The summed E-state index contributed by atoms with van der Waals surface area (Å²) in [5, 5.41) is 6.55. The molecule has 0 aliphatic carbocycles. The molecular formula is C17H30IN5OS. The SMILES string of the molecule is CN=C(NCCc1csc(C)n1)N1CC(=O)N(C(C)C)C(C)(C)C1.I. The molecule has 0 aromatic carbocycles. The van der Waals surface area contributed by atoms with Crippen molar-refractivity contribution in [3.8, 4) is 0 Å². The molecule has 1 fully saturated rings. The van der Waals surface area contributed by atoms with E-state index in [0.29, 0.717) is 6.54 Å².